The number of nitrogens with zero attached hydrogens (tertiary/aromatic N) is 1. The molecule has 1 aromatic heterocycles. The van der Waals surface area contributed by atoms with Crippen molar-refractivity contribution in [1.82, 2.24) is 9.88 Å². The zero-order valence-corrected chi connectivity index (χ0v) is 18.9. The number of amides is 1. The first-order chi connectivity index (χ1) is 14.8. The number of benzene rings is 1. The Balaban J connectivity index is 1.95. The molecule has 31 heavy (non-hydrogen) atoms. The van der Waals surface area contributed by atoms with Crippen LogP contribution in [0, 0.1) is 0 Å². The molecular formula is C25H32N2O4. The fourth-order valence-electron chi connectivity index (χ4n) is 3.82. The molecule has 0 aliphatic heterocycles. The molecule has 2 aromatic rings. The monoisotopic (exact) mass is 424 g/mol. The third kappa shape index (κ3) is 5.31. The van der Waals surface area contributed by atoms with Crippen LogP contribution in [0.5, 0.6) is 0 Å². The van der Waals surface area contributed by atoms with E-state index in [9.17, 15) is 14.4 Å². The third-order valence-corrected chi connectivity index (χ3v) is 5.54. The highest BCUT2D eigenvalue weighted by Gasteiger charge is 2.26. The number of hydrogen-bond acceptors (Lipinski definition) is 4. The van der Waals surface area contributed by atoms with Gasteiger partial charge in [-0.25, -0.2) is 0 Å². The molecule has 1 N–H and O–H groups in total. The highest BCUT2D eigenvalue weighted by molar-refractivity contribution is 6.01. The van der Waals surface area contributed by atoms with E-state index in [1.165, 1.54) is 11.6 Å². The number of nitrogens with one attached hydrogen (secondary N) is 1. The molecule has 0 radical (unpaired) electrons. The number of ketones is 1. The highest BCUT2D eigenvalue weighted by atomic mass is 16.5. The lowest BCUT2D eigenvalue weighted by Crippen LogP contribution is -2.36. The maximum atomic E-state index is 13.4. The molecule has 0 atom stereocenters. The molecule has 1 aromatic carbocycles. The van der Waals surface area contributed by atoms with Gasteiger partial charge in [-0.3, -0.25) is 19.0 Å². The van der Waals surface area contributed by atoms with Gasteiger partial charge in [-0.1, -0.05) is 26.0 Å². The number of pyridine rings is 1. The summed E-state index contributed by atoms with van der Waals surface area (Å²) in [5.41, 5.74) is 2.64. The predicted molar refractivity (Wildman–Crippen MR) is 121 cm³/mol. The summed E-state index contributed by atoms with van der Waals surface area (Å²) >= 11 is 0. The van der Waals surface area contributed by atoms with Gasteiger partial charge in [0.15, 0.2) is 5.78 Å². The van der Waals surface area contributed by atoms with Crippen molar-refractivity contribution in [3.63, 3.8) is 0 Å². The SMILES string of the molecule is CC(C)OCCCNC(=O)c1cc2c(n(-c3ccc(C(C)C)cc3)c1=O)CCCC2=O. The summed E-state index contributed by atoms with van der Waals surface area (Å²) in [4.78, 5) is 38.8. The number of carbonyl (C=O) groups is 2. The zero-order chi connectivity index (χ0) is 22.5. The van der Waals surface area contributed by atoms with Crippen molar-refractivity contribution in [2.45, 2.75) is 65.4 Å². The van der Waals surface area contributed by atoms with Crippen molar-refractivity contribution in [2.24, 2.45) is 0 Å². The molecule has 0 saturated heterocycles. The van der Waals surface area contributed by atoms with Crippen molar-refractivity contribution < 1.29 is 14.3 Å². The number of ether oxygens (including phenoxy) is 1. The molecule has 1 heterocycles. The van der Waals surface area contributed by atoms with E-state index >= 15 is 0 Å². The van der Waals surface area contributed by atoms with Gasteiger partial charge in [0.05, 0.1) is 6.10 Å². The summed E-state index contributed by atoms with van der Waals surface area (Å²) < 4.78 is 7.03. The van der Waals surface area contributed by atoms with Crippen molar-refractivity contribution in [1.29, 1.82) is 0 Å². The van der Waals surface area contributed by atoms with Gasteiger partial charge >= 0.3 is 0 Å². The van der Waals surface area contributed by atoms with Gasteiger partial charge in [0, 0.05) is 36.5 Å². The van der Waals surface area contributed by atoms with Crippen LogP contribution in [0.2, 0.25) is 0 Å². The smallest absolute Gasteiger partial charge is 0.268 e. The molecule has 6 heteroatoms. The molecule has 0 saturated carbocycles. The van der Waals surface area contributed by atoms with Gasteiger partial charge in [-0.05, 0) is 62.8 Å². The Kier molecular flexibility index (Phi) is 7.44. The van der Waals surface area contributed by atoms with Crippen LogP contribution in [0.4, 0.5) is 0 Å². The number of hydrogen-bond donors (Lipinski definition) is 1. The fraction of sp³-hybridized carbons (Fsp3) is 0.480. The molecule has 0 unspecified atom stereocenters. The lowest BCUT2D eigenvalue weighted by atomic mass is 9.92. The fourth-order valence-corrected chi connectivity index (χ4v) is 3.82. The molecule has 6 nitrogen and oxygen atoms in total. The van der Waals surface area contributed by atoms with Crippen LogP contribution in [0.3, 0.4) is 0 Å². The van der Waals surface area contributed by atoms with Crippen LogP contribution < -0.4 is 10.9 Å². The number of rotatable bonds is 8. The normalized spacial score (nSPS) is 13.5. The molecule has 3 rings (SSSR count). The van der Waals surface area contributed by atoms with E-state index in [1.54, 1.807) is 4.57 Å². The van der Waals surface area contributed by atoms with E-state index in [4.69, 9.17) is 4.74 Å². The average molecular weight is 425 g/mol. The van der Waals surface area contributed by atoms with Crippen LogP contribution in [0.1, 0.15) is 84.8 Å². The van der Waals surface area contributed by atoms with Gasteiger partial charge in [0.1, 0.15) is 5.56 Å². The summed E-state index contributed by atoms with van der Waals surface area (Å²) in [5.74, 6) is -0.102. The van der Waals surface area contributed by atoms with Crippen molar-refractivity contribution >= 4 is 11.7 Å². The molecule has 1 aliphatic carbocycles. The molecule has 0 fully saturated rings. The summed E-state index contributed by atoms with van der Waals surface area (Å²) in [5, 5.41) is 2.79. The number of aromatic nitrogens is 1. The van der Waals surface area contributed by atoms with Gasteiger partial charge in [-0.15, -0.1) is 0 Å². The lowest BCUT2D eigenvalue weighted by Gasteiger charge is -2.22. The Morgan fingerprint density at radius 2 is 1.81 bits per heavy atom. The first-order valence-corrected chi connectivity index (χ1v) is 11.1. The first-order valence-electron chi connectivity index (χ1n) is 11.1. The molecule has 1 aliphatic rings. The second-order valence-corrected chi connectivity index (χ2v) is 8.61. The van der Waals surface area contributed by atoms with Gasteiger partial charge < -0.3 is 10.1 Å². The van der Waals surface area contributed by atoms with Gasteiger partial charge in [0.25, 0.3) is 11.5 Å². The minimum absolute atomic E-state index is 0.00622. The first kappa shape index (κ1) is 22.9. The molecular weight excluding hydrogens is 392 g/mol. The van der Waals surface area contributed by atoms with Crippen LogP contribution >= 0.6 is 0 Å². The Morgan fingerprint density at radius 1 is 1.10 bits per heavy atom. The van der Waals surface area contributed by atoms with E-state index in [2.05, 4.69) is 19.2 Å². The van der Waals surface area contributed by atoms with Gasteiger partial charge in [0.2, 0.25) is 0 Å². The second kappa shape index (κ2) is 10.1. The predicted octanol–water partition coefficient (Wildman–Crippen LogP) is 4.02. The summed E-state index contributed by atoms with van der Waals surface area (Å²) in [6.45, 7) is 9.07. The van der Waals surface area contributed by atoms with E-state index in [-0.39, 0.29) is 23.0 Å². The Hall–Kier alpha value is -2.73. The summed E-state index contributed by atoms with van der Waals surface area (Å²) in [6, 6.07) is 9.25. The Labute approximate surface area is 183 Å². The largest absolute Gasteiger partial charge is 0.379 e. The number of carbonyl (C=O) groups excluding carboxylic acids is 2. The quantitative estimate of drug-likeness (QED) is 0.649. The highest BCUT2D eigenvalue weighted by Crippen LogP contribution is 2.24. The van der Waals surface area contributed by atoms with Gasteiger partial charge in [-0.2, -0.15) is 0 Å². The molecule has 0 bridgehead atoms. The van der Waals surface area contributed by atoms with Crippen LogP contribution in [-0.4, -0.2) is 35.5 Å². The lowest BCUT2D eigenvalue weighted by molar-refractivity contribution is 0.0757. The van der Waals surface area contributed by atoms with Crippen LogP contribution in [-0.2, 0) is 11.2 Å². The third-order valence-electron chi connectivity index (χ3n) is 5.54. The minimum atomic E-state index is -0.455. The van der Waals surface area contributed by atoms with Crippen molar-refractivity contribution in [2.75, 3.05) is 13.2 Å². The minimum Gasteiger partial charge on any atom is -0.379 e. The van der Waals surface area contributed by atoms with E-state index in [1.807, 2.05) is 38.1 Å². The molecule has 0 spiro atoms. The van der Waals surface area contributed by atoms with Crippen LogP contribution in [0.25, 0.3) is 5.69 Å². The van der Waals surface area contributed by atoms with Crippen molar-refractivity contribution in [3.05, 3.63) is 63.1 Å². The second-order valence-electron chi connectivity index (χ2n) is 8.61. The van der Waals surface area contributed by atoms with E-state index < -0.39 is 5.91 Å². The van der Waals surface area contributed by atoms with E-state index in [0.29, 0.717) is 61.7 Å². The van der Waals surface area contributed by atoms with Crippen LogP contribution in [0.15, 0.2) is 35.1 Å². The van der Waals surface area contributed by atoms with E-state index in [0.717, 1.165) is 0 Å². The zero-order valence-electron chi connectivity index (χ0n) is 18.9. The summed E-state index contributed by atoms with van der Waals surface area (Å²) in [6.07, 6.45) is 2.56. The maximum absolute atomic E-state index is 13.4. The topological polar surface area (TPSA) is 77.4 Å². The molecule has 1 amide bonds. The standard InChI is InChI=1S/C25H32N2O4/c1-16(2)18-9-11-19(12-10-18)27-22-7-5-8-23(28)20(22)15-21(25(27)30)24(29)26-13-6-14-31-17(3)4/h9-12,15-17H,5-8,13-14H2,1-4H3,(H,26,29). The average Bonchev–Trinajstić information content (AvgIpc) is 2.73. The maximum Gasteiger partial charge on any atom is 0.268 e. The Morgan fingerprint density at radius 3 is 2.45 bits per heavy atom. The number of fused-ring (bicyclic) bond motifs is 1. The molecule has 166 valence electrons. The summed E-state index contributed by atoms with van der Waals surface area (Å²) in [7, 11) is 0. The van der Waals surface area contributed by atoms with Crippen molar-refractivity contribution in [3.8, 4) is 5.69 Å². The Bertz CT molecular complexity index is 1000. The number of Topliss-reactive ketones (excluding diaryl/α,β-unsaturated/α-hetero) is 1.